The number of rotatable bonds is 17. The Morgan fingerprint density at radius 2 is 0.909 bits per heavy atom. The van der Waals surface area contributed by atoms with Crippen LogP contribution in [-0.2, 0) is 4.79 Å². The van der Waals surface area contributed by atoms with Gasteiger partial charge >= 0.3 is 5.97 Å². The van der Waals surface area contributed by atoms with Gasteiger partial charge in [-0.3, -0.25) is 4.79 Å². The highest BCUT2D eigenvalue weighted by atomic mass is 16.4. The first kappa shape index (κ1) is 21.2. The summed E-state index contributed by atoms with van der Waals surface area (Å²) in [6, 6.07) is 0. The van der Waals surface area contributed by atoms with Gasteiger partial charge in [0.2, 0.25) is 0 Å². The summed E-state index contributed by atoms with van der Waals surface area (Å²) >= 11 is 0. The van der Waals surface area contributed by atoms with Crippen LogP contribution in [-0.4, -0.2) is 11.1 Å². The third kappa shape index (κ3) is 19.2. The molecule has 0 unspecified atom stereocenters. The summed E-state index contributed by atoms with van der Waals surface area (Å²) in [7, 11) is 0. The third-order valence-electron chi connectivity index (χ3n) is 4.24. The summed E-state index contributed by atoms with van der Waals surface area (Å²) in [4.78, 5) is 10.4. The summed E-state index contributed by atoms with van der Waals surface area (Å²) < 4.78 is 0. The Hall–Kier alpha value is -0.790. The van der Waals surface area contributed by atoms with Crippen LogP contribution in [0.2, 0.25) is 0 Å². The van der Waals surface area contributed by atoms with Crippen LogP contribution in [0, 0.1) is 0 Å². The maximum atomic E-state index is 10.4. The fraction of sp³-hybridized carbons (Fsp3) is 0.850. The van der Waals surface area contributed by atoms with Crippen LogP contribution in [0.15, 0.2) is 12.2 Å². The molecule has 0 saturated carbocycles. The molecule has 0 aromatic carbocycles. The first-order valence-corrected chi connectivity index (χ1v) is 9.49. The first-order valence-electron chi connectivity index (χ1n) is 9.49. The van der Waals surface area contributed by atoms with Gasteiger partial charge in [-0.2, -0.15) is 0 Å². The van der Waals surface area contributed by atoms with Gasteiger partial charge in [0.1, 0.15) is 0 Å². The minimum absolute atomic E-state index is 0.340. The molecule has 0 aromatic heterocycles. The fourth-order valence-corrected chi connectivity index (χ4v) is 2.82. The summed E-state index contributed by atoms with van der Waals surface area (Å²) in [5.41, 5.74) is 1.32. The lowest BCUT2D eigenvalue weighted by atomic mass is 10.0. The zero-order chi connectivity index (χ0) is 16.5. The quantitative estimate of drug-likeness (QED) is 0.234. The van der Waals surface area contributed by atoms with Crippen LogP contribution in [0.25, 0.3) is 0 Å². The van der Waals surface area contributed by atoms with Crippen molar-refractivity contribution in [2.45, 2.75) is 110 Å². The van der Waals surface area contributed by atoms with Crippen LogP contribution in [0.1, 0.15) is 110 Å². The summed E-state index contributed by atoms with van der Waals surface area (Å²) in [5, 5.41) is 8.54. The number of hydrogen-bond acceptors (Lipinski definition) is 1. The van der Waals surface area contributed by atoms with E-state index in [9.17, 15) is 4.79 Å². The maximum Gasteiger partial charge on any atom is 0.303 e. The molecule has 130 valence electrons. The summed E-state index contributed by atoms with van der Waals surface area (Å²) in [6.45, 7) is 6.06. The number of carboxylic acid groups (broad SMARTS) is 1. The van der Waals surface area contributed by atoms with E-state index >= 15 is 0 Å². The zero-order valence-corrected chi connectivity index (χ0v) is 14.9. The highest BCUT2D eigenvalue weighted by Gasteiger charge is 1.97. The Morgan fingerprint density at radius 1 is 0.636 bits per heavy atom. The van der Waals surface area contributed by atoms with Crippen molar-refractivity contribution in [3.63, 3.8) is 0 Å². The SMILES string of the molecule is C=C(C)CCCCCCCCCCCCCCCCC(=O)O. The molecule has 0 aromatic rings. The number of hydrogen-bond donors (Lipinski definition) is 1. The Balaban J connectivity index is 2.99. The Kier molecular flexibility index (Phi) is 16.0. The van der Waals surface area contributed by atoms with Gasteiger partial charge in [-0.05, 0) is 26.2 Å². The van der Waals surface area contributed by atoms with Gasteiger partial charge in [0.15, 0.2) is 0 Å². The van der Waals surface area contributed by atoms with Gasteiger partial charge in [-0.25, -0.2) is 0 Å². The second-order valence-electron chi connectivity index (χ2n) is 6.80. The molecule has 0 aliphatic rings. The van der Waals surface area contributed by atoms with Crippen LogP contribution in [0.3, 0.4) is 0 Å². The van der Waals surface area contributed by atoms with E-state index in [0.29, 0.717) is 6.42 Å². The molecule has 0 spiro atoms. The molecule has 0 aliphatic heterocycles. The Labute approximate surface area is 138 Å². The van der Waals surface area contributed by atoms with Crippen LogP contribution in [0.5, 0.6) is 0 Å². The van der Waals surface area contributed by atoms with Gasteiger partial charge in [0.25, 0.3) is 0 Å². The highest BCUT2D eigenvalue weighted by Crippen LogP contribution is 2.14. The summed E-state index contributed by atoms with van der Waals surface area (Å²) in [5.74, 6) is -0.657. The molecule has 2 nitrogen and oxygen atoms in total. The van der Waals surface area contributed by atoms with E-state index in [2.05, 4.69) is 13.5 Å². The minimum atomic E-state index is -0.657. The van der Waals surface area contributed by atoms with E-state index in [1.165, 1.54) is 89.0 Å². The van der Waals surface area contributed by atoms with E-state index in [4.69, 9.17) is 5.11 Å². The number of aliphatic carboxylic acids is 1. The molecular formula is C20H38O2. The maximum absolute atomic E-state index is 10.4. The molecule has 0 saturated heterocycles. The molecule has 0 aliphatic carbocycles. The molecule has 0 heterocycles. The number of unbranched alkanes of at least 4 members (excludes halogenated alkanes) is 13. The monoisotopic (exact) mass is 310 g/mol. The minimum Gasteiger partial charge on any atom is -0.481 e. The van der Waals surface area contributed by atoms with Crippen molar-refractivity contribution >= 4 is 5.97 Å². The lowest BCUT2D eigenvalue weighted by Crippen LogP contribution is -1.93. The van der Waals surface area contributed by atoms with Gasteiger partial charge in [0.05, 0.1) is 0 Å². The lowest BCUT2D eigenvalue weighted by Gasteiger charge is -2.03. The normalized spacial score (nSPS) is 10.8. The fourth-order valence-electron chi connectivity index (χ4n) is 2.82. The molecule has 1 N–H and O–H groups in total. The zero-order valence-electron chi connectivity index (χ0n) is 14.9. The second kappa shape index (κ2) is 16.6. The molecule has 0 amide bonds. The third-order valence-corrected chi connectivity index (χ3v) is 4.24. The van der Waals surface area contributed by atoms with Crippen LogP contribution >= 0.6 is 0 Å². The Bertz CT molecular complexity index is 243. The topological polar surface area (TPSA) is 37.3 Å². The molecule has 22 heavy (non-hydrogen) atoms. The number of carboxylic acids is 1. The number of carbonyl (C=O) groups is 1. The van der Waals surface area contributed by atoms with E-state index in [1.54, 1.807) is 0 Å². The second-order valence-corrected chi connectivity index (χ2v) is 6.80. The van der Waals surface area contributed by atoms with E-state index in [0.717, 1.165) is 12.8 Å². The van der Waals surface area contributed by atoms with Crippen molar-refractivity contribution in [2.75, 3.05) is 0 Å². The van der Waals surface area contributed by atoms with Crippen molar-refractivity contribution < 1.29 is 9.90 Å². The predicted molar refractivity (Wildman–Crippen MR) is 96.3 cm³/mol. The van der Waals surface area contributed by atoms with Crippen molar-refractivity contribution in [3.8, 4) is 0 Å². The lowest BCUT2D eigenvalue weighted by molar-refractivity contribution is -0.137. The predicted octanol–water partition coefficient (Wildman–Crippen LogP) is 6.89. The highest BCUT2D eigenvalue weighted by molar-refractivity contribution is 5.66. The van der Waals surface area contributed by atoms with Crippen LogP contribution in [0.4, 0.5) is 0 Å². The first-order chi connectivity index (χ1) is 10.6. The van der Waals surface area contributed by atoms with Crippen molar-refractivity contribution in [1.29, 1.82) is 0 Å². The standard InChI is InChI=1S/C20H38O2/c1-19(2)17-15-13-11-9-7-5-3-4-6-8-10-12-14-16-18-20(21)22/h1,3-18H2,2H3,(H,21,22). The van der Waals surface area contributed by atoms with E-state index in [-0.39, 0.29) is 0 Å². The molecule has 0 fully saturated rings. The molecule has 0 bridgehead atoms. The van der Waals surface area contributed by atoms with Gasteiger partial charge in [-0.15, -0.1) is 6.58 Å². The average molecular weight is 311 g/mol. The van der Waals surface area contributed by atoms with Gasteiger partial charge < -0.3 is 5.11 Å². The molecule has 0 rings (SSSR count). The molecule has 0 radical (unpaired) electrons. The van der Waals surface area contributed by atoms with E-state index in [1.807, 2.05) is 0 Å². The average Bonchev–Trinajstić information content (AvgIpc) is 2.46. The smallest absolute Gasteiger partial charge is 0.303 e. The summed E-state index contributed by atoms with van der Waals surface area (Å²) in [6.07, 6.45) is 19.7. The van der Waals surface area contributed by atoms with Crippen LogP contribution < -0.4 is 0 Å². The van der Waals surface area contributed by atoms with Crippen molar-refractivity contribution in [1.82, 2.24) is 0 Å². The molecular weight excluding hydrogens is 272 g/mol. The molecule has 0 atom stereocenters. The van der Waals surface area contributed by atoms with Gasteiger partial charge in [0, 0.05) is 6.42 Å². The van der Waals surface area contributed by atoms with E-state index < -0.39 is 5.97 Å². The largest absolute Gasteiger partial charge is 0.481 e. The number of allylic oxidation sites excluding steroid dienone is 1. The van der Waals surface area contributed by atoms with Crippen molar-refractivity contribution in [3.05, 3.63) is 12.2 Å². The van der Waals surface area contributed by atoms with Crippen molar-refractivity contribution in [2.24, 2.45) is 0 Å². The Morgan fingerprint density at radius 3 is 1.18 bits per heavy atom. The molecule has 2 heteroatoms. The van der Waals surface area contributed by atoms with Gasteiger partial charge in [-0.1, -0.05) is 82.6 Å².